The lowest BCUT2D eigenvalue weighted by atomic mass is 10.0. The van der Waals surface area contributed by atoms with Crippen molar-refractivity contribution in [1.82, 2.24) is 19.9 Å². The lowest BCUT2D eigenvalue weighted by molar-refractivity contribution is -0.0214. The number of carbonyl (C=O) groups excluding carboxylic acids is 1. The zero-order valence-electron chi connectivity index (χ0n) is 20.2. The molecule has 10 heteroatoms. The van der Waals surface area contributed by atoms with E-state index in [0.29, 0.717) is 39.6 Å². The van der Waals surface area contributed by atoms with Gasteiger partial charge < -0.3 is 19.9 Å². The average molecular weight is 483 g/mol. The largest absolute Gasteiger partial charge is 0.486 e. The summed E-state index contributed by atoms with van der Waals surface area (Å²) in [6.07, 6.45) is 2.09. The van der Waals surface area contributed by atoms with Gasteiger partial charge in [-0.05, 0) is 38.8 Å². The van der Waals surface area contributed by atoms with Crippen molar-refractivity contribution < 1.29 is 18.3 Å². The Morgan fingerprint density at radius 1 is 1.20 bits per heavy atom. The Balaban J connectivity index is 1.59. The van der Waals surface area contributed by atoms with E-state index in [4.69, 9.17) is 9.72 Å². The molecule has 4 heterocycles. The number of amides is 1. The average Bonchev–Trinajstić information content (AvgIpc) is 3.46. The number of hydrogen-bond acceptors (Lipinski definition) is 7. The molecule has 2 aliphatic heterocycles. The highest BCUT2D eigenvalue weighted by atomic mass is 19.3. The zero-order chi connectivity index (χ0) is 24.9. The molecule has 0 bridgehead atoms. The van der Waals surface area contributed by atoms with Gasteiger partial charge in [0.1, 0.15) is 23.2 Å². The van der Waals surface area contributed by atoms with Crippen LogP contribution in [-0.4, -0.2) is 59.6 Å². The molecular weight excluding hydrogens is 454 g/mol. The number of nitrogens with one attached hydrogen (secondary N) is 1. The summed E-state index contributed by atoms with van der Waals surface area (Å²) in [6, 6.07) is 6.15. The number of benzene rings is 1. The number of rotatable bonds is 5. The molecular formula is C25H28F2N6O2. The molecule has 0 unspecified atom stereocenters. The van der Waals surface area contributed by atoms with Crippen LogP contribution in [0.5, 0.6) is 5.75 Å². The van der Waals surface area contributed by atoms with Gasteiger partial charge in [0.2, 0.25) is 0 Å². The van der Waals surface area contributed by atoms with Crippen molar-refractivity contribution in [3.8, 4) is 5.75 Å². The van der Waals surface area contributed by atoms with E-state index in [1.54, 1.807) is 39.2 Å². The summed E-state index contributed by atoms with van der Waals surface area (Å²) in [4.78, 5) is 30.6. The Bertz CT molecular complexity index is 1310. The molecule has 1 amide bonds. The minimum atomic E-state index is -3.01. The molecule has 1 atom stereocenters. The van der Waals surface area contributed by atoms with Crippen LogP contribution in [0.4, 0.5) is 20.4 Å². The number of carbonyl (C=O) groups is 1. The van der Waals surface area contributed by atoms with Gasteiger partial charge in [0.15, 0.2) is 12.3 Å². The van der Waals surface area contributed by atoms with Gasteiger partial charge in [-0.15, -0.1) is 0 Å². The van der Waals surface area contributed by atoms with Crippen LogP contribution >= 0.6 is 0 Å². The first-order valence-electron chi connectivity index (χ1n) is 11.7. The number of ether oxygens (including phenoxy) is 1. The minimum absolute atomic E-state index is 0.108. The topological polar surface area (TPSA) is 83.5 Å². The number of hydrogen-bond donors (Lipinski definition) is 1. The smallest absolute Gasteiger partial charge is 0.310 e. The zero-order valence-corrected chi connectivity index (χ0v) is 20.2. The molecule has 0 spiro atoms. The first kappa shape index (κ1) is 23.2. The standard InChI is InChI=1S/C25H28F2N6O2/c1-14(16-8-7-9-19-20(16)35-13-25(19,26)27)28-21-17-12-18(24(34)32(3)4)23(33-10-5-6-11-33)31-22(17)30-15(2)29-21/h7-9,12,14H,5-6,10-11,13H2,1-4H3,(H,28,29,30,31)/t14-/m1/s1. The predicted molar refractivity (Wildman–Crippen MR) is 129 cm³/mol. The molecule has 0 radical (unpaired) electrons. The molecule has 3 aromatic rings. The van der Waals surface area contributed by atoms with E-state index in [1.165, 1.54) is 11.0 Å². The van der Waals surface area contributed by atoms with Gasteiger partial charge in [0.25, 0.3) is 5.91 Å². The fourth-order valence-corrected chi connectivity index (χ4v) is 4.70. The summed E-state index contributed by atoms with van der Waals surface area (Å²) < 4.78 is 33.8. The van der Waals surface area contributed by atoms with Gasteiger partial charge in [-0.25, -0.2) is 15.0 Å². The molecule has 1 N–H and O–H groups in total. The SMILES string of the molecule is Cc1nc(N[C@H](C)c2cccc3c2OCC3(F)F)c2cc(C(=O)N(C)C)c(N3CCCC3)nc2n1. The summed E-state index contributed by atoms with van der Waals surface area (Å²) in [5.41, 5.74) is 1.46. The molecule has 2 aliphatic rings. The van der Waals surface area contributed by atoms with Crippen LogP contribution in [0.15, 0.2) is 24.3 Å². The van der Waals surface area contributed by atoms with Crippen LogP contribution in [0.25, 0.3) is 11.0 Å². The van der Waals surface area contributed by atoms with E-state index in [2.05, 4.69) is 20.2 Å². The second-order valence-corrected chi connectivity index (χ2v) is 9.33. The second-order valence-electron chi connectivity index (χ2n) is 9.33. The Hall–Kier alpha value is -3.56. The molecule has 8 nitrogen and oxygen atoms in total. The predicted octanol–water partition coefficient (Wildman–Crippen LogP) is 4.29. The van der Waals surface area contributed by atoms with Crippen LogP contribution in [-0.2, 0) is 5.92 Å². The highest BCUT2D eigenvalue weighted by Crippen LogP contribution is 2.45. The Labute approximate surface area is 202 Å². The number of aryl methyl sites for hydroxylation is 1. The summed E-state index contributed by atoms with van der Waals surface area (Å²) in [5, 5.41) is 3.92. The Morgan fingerprint density at radius 2 is 1.94 bits per heavy atom. The third kappa shape index (κ3) is 4.11. The van der Waals surface area contributed by atoms with Crippen molar-refractivity contribution in [1.29, 1.82) is 0 Å². The summed E-state index contributed by atoms with van der Waals surface area (Å²) >= 11 is 0. The molecule has 0 aliphatic carbocycles. The maximum absolute atomic E-state index is 14.2. The van der Waals surface area contributed by atoms with Crippen molar-refractivity contribution in [2.75, 3.05) is 44.0 Å². The maximum Gasteiger partial charge on any atom is 0.310 e. The monoisotopic (exact) mass is 482 g/mol. The number of alkyl halides is 2. The summed E-state index contributed by atoms with van der Waals surface area (Å²) in [7, 11) is 3.41. The van der Waals surface area contributed by atoms with Crippen LogP contribution in [0.2, 0.25) is 0 Å². The van der Waals surface area contributed by atoms with E-state index >= 15 is 0 Å². The van der Waals surface area contributed by atoms with Crippen molar-refractivity contribution in [3.05, 3.63) is 46.8 Å². The molecule has 184 valence electrons. The van der Waals surface area contributed by atoms with Gasteiger partial charge >= 0.3 is 5.92 Å². The summed E-state index contributed by atoms with van der Waals surface area (Å²) in [6.45, 7) is 4.64. The molecule has 35 heavy (non-hydrogen) atoms. The van der Waals surface area contributed by atoms with Crippen LogP contribution in [0, 0.1) is 6.92 Å². The van der Waals surface area contributed by atoms with Crippen LogP contribution in [0.3, 0.4) is 0 Å². The second kappa shape index (κ2) is 8.58. The number of aromatic nitrogens is 3. The van der Waals surface area contributed by atoms with E-state index in [-0.39, 0.29) is 17.2 Å². The lowest BCUT2D eigenvalue weighted by Crippen LogP contribution is -2.27. The van der Waals surface area contributed by atoms with E-state index < -0.39 is 18.6 Å². The van der Waals surface area contributed by atoms with Crippen molar-refractivity contribution in [2.45, 2.75) is 38.7 Å². The number of fused-ring (bicyclic) bond motifs is 2. The Kier molecular flexibility index (Phi) is 5.69. The third-order valence-corrected chi connectivity index (χ3v) is 6.48. The van der Waals surface area contributed by atoms with Gasteiger partial charge in [-0.1, -0.05) is 12.1 Å². The first-order valence-corrected chi connectivity index (χ1v) is 11.7. The number of pyridine rings is 1. The molecule has 1 aromatic carbocycles. The van der Waals surface area contributed by atoms with Crippen LogP contribution in [0.1, 0.15) is 53.1 Å². The van der Waals surface area contributed by atoms with E-state index in [1.807, 2.05) is 6.92 Å². The first-order chi connectivity index (χ1) is 16.7. The van der Waals surface area contributed by atoms with Crippen molar-refractivity contribution in [3.63, 3.8) is 0 Å². The van der Waals surface area contributed by atoms with Gasteiger partial charge in [0.05, 0.1) is 22.6 Å². The van der Waals surface area contributed by atoms with Gasteiger partial charge in [0, 0.05) is 32.7 Å². The highest BCUT2D eigenvalue weighted by molar-refractivity contribution is 6.03. The third-order valence-electron chi connectivity index (χ3n) is 6.48. The number of halogens is 2. The van der Waals surface area contributed by atoms with Gasteiger partial charge in [-0.3, -0.25) is 4.79 Å². The summed E-state index contributed by atoms with van der Waals surface area (Å²) in [5.74, 6) is -1.35. The number of anilines is 2. The molecule has 1 saturated heterocycles. The lowest BCUT2D eigenvalue weighted by Gasteiger charge is -2.23. The minimum Gasteiger partial charge on any atom is -0.486 e. The quantitative estimate of drug-likeness (QED) is 0.581. The van der Waals surface area contributed by atoms with Crippen molar-refractivity contribution >= 4 is 28.6 Å². The molecule has 2 aromatic heterocycles. The highest BCUT2D eigenvalue weighted by Gasteiger charge is 2.42. The molecule has 0 saturated carbocycles. The maximum atomic E-state index is 14.2. The number of para-hydroxylation sites is 1. The van der Waals surface area contributed by atoms with E-state index in [0.717, 1.165) is 25.9 Å². The van der Waals surface area contributed by atoms with E-state index in [9.17, 15) is 13.6 Å². The Morgan fingerprint density at radius 3 is 2.66 bits per heavy atom. The fraction of sp³-hybridized carbons (Fsp3) is 0.440. The molecule has 1 fully saturated rings. The van der Waals surface area contributed by atoms with Crippen molar-refractivity contribution in [2.24, 2.45) is 0 Å². The molecule has 5 rings (SSSR count). The fourth-order valence-electron chi connectivity index (χ4n) is 4.70. The normalized spacial score (nSPS) is 17.3. The van der Waals surface area contributed by atoms with Gasteiger partial charge in [-0.2, -0.15) is 8.78 Å². The van der Waals surface area contributed by atoms with Crippen LogP contribution < -0.4 is 15.0 Å². The number of nitrogens with zero attached hydrogens (tertiary/aromatic N) is 5.